The molecule has 1 heterocycles. The Morgan fingerprint density at radius 2 is 1.82 bits per heavy atom. The van der Waals surface area contributed by atoms with Crippen molar-refractivity contribution in [2.75, 3.05) is 31.2 Å². The molecule has 1 amide bonds. The van der Waals surface area contributed by atoms with Crippen LogP contribution in [0, 0.1) is 0 Å². The third-order valence-electron chi connectivity index (χ3n) is 5.91. The summed E-state index contributed by atoms with van der Waals surface area (Å²) in [5, 5.41) is 3.16. The summed E-state index contributed by atoms with van der Waals surface area (Å²) in [5.74, 6) is 0.197. The maximum absolute atomic E-state index is 12.9. The number of piperidine rings is 1. The van der Waals surface area contributed by atoms with E-state index < -0.39 is 5.97 Å². The summed E-state index contributed by atoms with van der Waals surface area (Å²) >= 11 is 0. The van der Waals surface area contributed by atoms with E-state index in [9.17, 15) is 9.59 Å². The molecule has 0 spiro atoms. The first-order valence-electron chi connectivity index (χ1n) is 12.3. The number of nitrogens with one attached hydrogen (secondary N) is 1. The first-order valence-corrected chi connectivity index (χ1v) is 12.3. The molecule has 1 saturated heterocycles. The molecule has 1 aliphatic heterocycles. The molecule has 1 unspecified atom stereocenters. The van der Waals surface area contributed by atoms with E-state index in [1.165, 1.54) is 31.0 Å². The molecule has 1 atom stereocenters. The van der Waals surface area contributed by atoms with Crippen molar-refractivity contribution in [3.63, 3.8) is 0 Å². The molecular formula is C28H36N2O4. The number of hydrogen-bond acceptors (Lipinski definition) is 5. The molecule has 0 saturated carbocycles. The average Bonchev–Trinajstić information content (AvgIpc) is 2.84. The Labute approximate surface area is 202 Å². The summed E-state index contributed by atoms with van der Waals surface area (Å²) in [6.07, 6.45) is 7.01. The Balaban J connectivity index is 1.67. The molecule has 34 heavy (non-hydrogen) atoms. The highest BCUT2D eigenvalue weighted by molar-refractivity contribution is 5.87. The van der Waals surface area contributed by atoms with E-state index in [2.05, 4.69) is 28.4 Å². The minimum atomic E-state index is -0.396. The zero-order chi connectivity index (χ0) is 24.3. The van der Waals surface area contributed by atoms with Gasteiger partial charge in [0, 0.05) is 30.4 Å². The molecule has 0 aliphatic carbocycles. The Hall–Kier alpha value is -3.28. The van der Waals surface area contributed by atoms with E-state index in [4.69, 9.17) is 9.47 Å². The smallest absolute Gasteiger partial charge is 0.330 e. The van der Waals surface area contributed by atoms with Crippen LogP contribution in [0.5, 0.6) is 5.75 Å². The fraction of sp³-hybridized carbons (Fsp3) is 0.429. The molecule has 0 bridgehead atoms. The third kappa shape index (κ3) is 7.11. The van der Waals surface area contributed by atoms with Crippen LogP contribution < -0.4 is 15.0 Å². The predicted molar refractivity (Wildman–Crippen MR) is 136 cm³/mol. The van der Waals surface area contributed by atoms with E-state index in [0.717, 1.165) is 29.8 Å². The molecule has 1 N–H and O–H groups in total. The van der Waals surface area contributed by atoms with Gasteiger partial charge in [0.25, 0.3) is 0 Å². The van der Waals surface area contributed by atoms with Gasteiger partial charge in [-0.05, 0) is 69.4 Å². The van der Waals surface area contributed by atoms with Gasteiger partial charge in [0.05, 0.1) is 25.7 Å². The molecule has 2 aromatic carbocycles. The Morgan fingerprint density at radius 3 is 2.56 bits per heavy atom. The SMILES string of the molecule is CCOC(=O)C=Cc1ccc(CC(=O)NC(C)c2ccccc2N2CCCCC2)cc1OCC. The number of carbonyl (C=O) groups excluding carboxylic acids is 2. The monoisotopic (exact) mass is 464 g/mol. The lowest BCUT2D eigenvalue weighted by Gasteiger charge is -2.32. The van der Waals surface area contributed by atoms with E-state index in [-0.39, 0.29) is 18.4 Å². The highest BCUT2D eigenvalue weighted by Crippen LogP contribution is 2.29. The number of ether oxygens (including phenoxy) is 2. The van der Waals surface area contributed by atoms with Crippen molar-refractivity contribution in [2.24, 2.45) is 0 Å². The van der Waals surface area contributed by atoms with Crippen molar-refractivity contribution in [3.8, 4) is 5.75 Å². The standard InChI is InChI=1S/C28H36N2O4/c1-4-33-26-19-22(13-14-23(26)15-16-28(32)34-5-2)20-27(31)29-21(3)24-11-7-8-12-25(24)30-17-9-6-10-18-30/h7-8,11-16,19,21H,4-6,9-10,17-18,20H2,1-3H3,(H,29,31). The normalized spacial score (nSPS) is 14.6. The van der Waals surface area contributed by atoms with Crippen LogP contribution in [0.15, 0.2) is 48.5 Å². The summed E-state index contributed by atoms with van der Waals surface area (Å²) in [6, 6.07) is 13.9. The van der Waals surface area contributed by atoms with Crippen molar-refractivity contribution in [2.45, 2.75) is 52.5 Å². The lowest BCUT2D eigenvalue weighted by atomic mass is 10.0. The van der Waals surface area contributed by atoms with Gasteiger partial charge >= 0.3 is 5.97 Å². The first-order chi connectivity index (χ1) is 16.5. The minimum absolute atomic E-state index is 0.0433. The van der Waals surface area contributed by atoms with Crippen molar-refractivity contribution in [1.29, 1.82) is 0 Å². The Morgan fingerprint density at radius 1 is 1.06 bits per heavy atom. The number of nitrogens with zero attached hydrogens (tertiary/aromatic N) is 1. The zero-order valence-electron chi connectivity index (χ0n) is 20.5. The number of rotatable bonds is 10. The largest absolute Gasteiger partial charge is 0.493 e. The number of benzene rings is 2. The summed E-state index contributed by atoms with van der Waals surface area (Å²) in [4.78, 5) is 26.9. The van der Waals surface area contributed by atoms with Gasteiger partial charge in [-0.3, -0.25) is 4.79 Å². The van der Waals surface area contributed by atoms with Crippen LogP contribution in [0.1, 0.15) is 62.8 Å². The number of amides is 1. The maximum Gasteiger partial charge on any atom is 0.330 e. The highest BCUT2D eigenvalue weighted by atomic mass is 16.5. The van der Waals surface area contributed by atoms with Crippen LogP contribution in [0.25, 0.3) is 6.08 Å². The number of para-hydroxylation sites is 1. The zero-order valence-corrected chi connectivity index (χ0v) is 20.5. The fourth-order valence-electron chi connectivity index (χ4n) is 4.29. The summed E-state index contributed by atoms with van der Waals surface area (Å²) in [5.41, 5.74) is 3.98. The molecule has 2 aromatic rings. The highest BCUT2D eigenvalue weighted by Gasteiger charge is 2.19. The molecule has 0 radical (unpaired) electrons. The van der Waals surface area contributed by atoms with Gasteiger partial charge in [-0.15, -0.1) is 0 Å². The second-order valence-corrected chi connectivity index (χ2v) is 8.46. The number of anilines is 1. The minimum Gasteiger partial charge on any atom is -0.493 e. The van der Waals surface area contributed by atoms with Gasteiger partial charge in [0.1, 0.15) is 5.75 Å². The summed E-state index contributed by atoms with van der Waals surface area (Å²) in [7, 11) is 0. The molecule has 6 nitrogen and oxygen atoms in total. The quantitative estimate of drug-likeness (QED) is 0.393. The molecule has 1 fully saturated rings. The van der Waals surface area contributed by atoms with Crippen molar-refractivity contribution >= 4 is 23.6 Å². The van der Waals surface area contributed by atoms with Crippen LogP contribution in [-0.4, -0.2) is 38.2 Å². The number of carbonyl (C=O) groups is 2. The summed E-state index contributed by atoms with van der Waals surface area (Å²) in [6.45, 7) is 8.65. The molecule has 0 aromatic heterocycles. The van der Waals surface area contributed by atoms with Gasteiger partial charge in [0.15, 0.2) is 0 Å². The lowest BCUT2D eigenvalue weighted by molar-refractivity contribution is -0.137. The molecule has 182 valence electrons. The molecular weight excluding hydrogens is 428 g/mol. The van der Waals surface area contributed by atoms with Gasteiger partial charge in [0.2, 0.25) is 5.91 Å². The van der Waals surface area contributed by atoms with Crippen molar-refractivity contribution < 1.29 is 19.1 Å². The van der Waals surface area contributed by atoms with E-state index in [1.54, 1.807) is 13.0 Å². The average molecular weight is 465 g/mol. The van der Waals surface area contributed by atoms with Crippen LogP contribution in [-0.2, 0) is 20.7 Å². The second kappa shape index (κ2) is 12.8. The predicted octanol–water partition coefficient (Wildman–Crippen LogP) is 5.07. The van der Waals surface area contributed by atoms with Crippen LogP contribution in [0.3, 0.4) is 0 Å². The van der Waals surface area contributed by atoms with Crippen LogP contribution >= 0.6 is 0 Å². The summed E-state index contributed by atoms with van der Waals surface area (Å²) < 4.78 is 10.7. The first kappa shape index (κ1) is 25.3. The maximum atomic E-state index is 12.9. The van der Waals surface area contributed by atoms with Crippen molar-refractivity contribution in [1.82, 2.24) is 5.32 Å². The topological polar surface area (TPSA) is 67.9 Å². The van der Waals surface area contributed by atoms with Gasteiger partial charge in [-0.1, -0.05) is 30.3 Å². The van der Waals surface area contributed by atoms with E-state index in [0.29, 0.717) is 19.0 Å². The third-order valence-corrected chi connectivity index (χ3v) is 5.91. The van der Waals surface area contributed by atoms with Crippen molar-refractivity contribution in [3.05, 3.63) is 65.2 Å². The molecule has 3 rings (SSSR count). The van der Waals surface area contributed by atoms with E-state index in [1.807, 2.05) is 38.1 Å². The fourth-order valence-corrected chi connectivity index (χ4v) is 4.29. The second-order valence-electron chi connectivity index (χ2n) is 8.46. The van der Waals surface area contributed by atoms with E-state index >= 15 is 0 Å². The van der Waals surface area contributed by atoms with Crippen LogP contribution in [0.4, 0.5) is 5.69 Å². The van der Waals surface area contributed by atoms with Gasteiger partial charge < -0.3 is 19.7 Å². The number of hydrogen-bond donors (Lipinski definition) is 1. The lowest BCUT2D eigenvalue weighted by Crippen LogP contribution is -2.33. The Bertz CT molecular complexity index is 996. The number of esters is 1. The molecule has 6 heteroatoms. The Kier molecular flexibility index (Phi) is 9.56. The molecule has 1 aliphatic rings. The van der Waals surface area contributed by atoms with Gasteiger partial charge in [-0.25, -0.2) is 4.79 Å². The van der Waals surface area contributed by atoms with Crippen LogP contribution in [0.2, 0.25) is 0 Å². The van der Waals surface area contributed by atoms with Gasteiger partial charge in [-0.2, -0.15) is 0 Å².